The minimum Gasteiger partial charge on any atom is -0.354 e. The van der Waals surface area contributed by atoms with Crippen LogP contribution in [0.25, 0.3) is 0 Å². The molecule has 0 saturated heterocycles. The number of hydrogen-bond acceptors (Lipinski definition) is 2. The molecule has 0 spiro atoms. The Balaban J connectivity index is 2.14. The second kappa shape index (κ2) is 8.02. The van der Waals surface area contributed by atoms with Crippen LogP contribution in [0, 0.1) is 11.3 Å². The van der Waals surface area contributed by atoms with Crippen molar-refractivity contribution in [3.8, 4) is 0 Å². The molecule has 1 aliphatic rings. The van der Waals surface area contributed by atoms with E-state index in [9.17, 15) is 4.79 Å². The van der Waals surface area contributed by atoms with E-state index in [1.54, 1.807) is 0 Å². The van der Waals surface area contributed by atoms with Crippen LogP contribution in [0.3, 0.4) is 0 Å². The third-order valence-corrected chi connectivity index (χ3v) is 4.76. The molecular weight excluding hydrogens is 248 g/mol. The van der Waals surface area contributed by atoms with E-state index in [0.29, 0.717) is 23.9 Å². The Labute approximate surface area is 125 Å². The van der Waals surface area contributed by atoms with E-state index in [1.807, 2.05) is 0 Å². The van der Waals surface area contributed by atoms with E-state index in [2.05, 4.69) is 45.3 Å². The Bertz CT molecular complexity index is 288. The summed E-state index contributed by atoms with van der Waals surface area (Å²) in [5.74, 6) is 1.03. The van der Waals surface area contributed by atoms with Crippen molar-refractivity contribution in [1.29, 1.82) is 0 Å². The average molecular weight is 282 g/mol. The molecule has 20 heavy (non-hydrogen) atoms. The Morgan fingerprint density at radius 1 is 1.20 bits per heavy atom. The maximum Gasteiger partial charge on any atom is 0.221 e. The predicted octanol–water partition coefficient (Wildman–Crippen LogP) is 3.49. The summed E-state index contributed by atoms with van der Waals surface area (Å²) in [6, 6.07) is 0.912. The first-order chi connectivity index (χ1) is 9.32. The summed E-state index contributed by atoms with van der Waals surface area (Å²) in [5, 5.41) is 6.57. The van der Waals surface area contributed by atoms with Crippen molar-refractivity contribution in [3.63, 3.8) is 0 Å². The minimum absolute atomic E-state index is 0.176. The van der Waals surface area contributed by atoms with Gasteiger partial charge >= 0.3 is 0 Å². The zero-order valence-electron chi connectivity index (χ0n) is 14.1. The summed E-state index contributed by atoms with van der Waals surface area (Å²) in [5.41, 5.74) is 0.446. The van der Waals surface area contributed by atoms with Gasteiger partial charge in [-0.3, -0.25) is 4.79 Å². The fraction of sp³-hybridized carbons (Fsp3) is 0.941. The van der Waals surface area contributed by atoms with E-state index >= 15 is 0 Å². The van der Waals surface area contributed by atoms with Gasteiger partial charge in [0.2, 0.25) is 5.91 Å². The van der Waals surface area contributed by atoms with E-state index in [0.717, 1.165) is 18.9 Å². The van der Waals surface area contributed by atoms with Gasteiger partial charge in [-0.05, 0) is 50.4 Å². The van der Waals surface area contributed by atoms with Crippen molar-refractivity contribution in [3.05, 3.63) is 0 Å². The van der Waals surface area contributed by atoms with Crippen molar-refractivity contribution in [2.24, 2.45) is 11.3 Å². The standard InChI is InChI=1S/C17H34N2O/c1-6-13(2)19-16(20)11-12-18-15-9-7-14(8-10-15)17(3,4)5/h13-15,18H,6-12H2,1-5H3,(H,19,20). The molecule has 0 bridgehead atoms. The first kappa shape index (κ1) is 17.5. The minimum atomic E-state index is 0.176. The Hall–Kier alpha value is -0.570. The predicted molar refractivity (Wildman–Crippen MR) is 85.7 cm³/mol. The van der Waals surface area contributed by atoms with Crippen LogP contribution in [-0.2, 0) is 4.79 Å². The quantitative estimate of drug-likeness (QED) is 0.783. The molecule has 0 aliphatic heterocycles. The second-order valence-corrected chi connectivity index (χ2v) is 7.50. The number of amides is 1. The molecule has 0 aromatic carbocycles. The lowest BCUT2D eigenvalue weighted by Crippen LogP contribution is -2.39. The van der Waals surface area contributed by atoms with Gasteiger partial charge in [-0.1, -0.05) is 27.7 Å². The van der Waals surface area contributed by atoms with Gasteiger partial charge in [0.25, 0.3) is 0 Å². The molecule has 0 heterocycles. The zero-order valence-corrected chi connectivity index (χ0v) is 14.1. The number of carbonyl (C=O) groups is 1. The summed E-state index contributed by atoms with van der Waals surface area (Å²) in [7, 11) is 0. The van der Waals surface area contributed by atoms with Crippen molar-refractivity contribution < 1.29 is 4.79 Å². The first-order valence-electron chi connectivity index (χ1n) is 8.35. The molecule has 1 amide bonds. The van der Waals surface area contributed by atoms with Crippen LogP contribution in [0.2, 0.25) is 0 Å². The summed E-state index contributed by atoms with van der Waals surface area (Å²) >= 11 is 0. The molecule has 3 heteroatoms. The lowest BCUT2D eigenvalue weighted by atomic mass is 9.71. The van der Waals surface area contributed by atoms with Crippen LogP contribution in [0.5, 0.6) is 0 Å². The molecule has 1 rings (SSSR count). The van der Waals surface area contributed by atoms with Crippen molar-refractivity contribution in [1.82, 2.24) is 10.6 Å². The Morgan fingerprint density at radius 3 is 2.30 bits per heavy atom. The van der Waals surface area contributed by atoms with Crippen LogP contribution < -0.4 is 10.6 Å². The molecule has 1 fully saturated rings. The Kier molecular flexibility index (Phi) is 7.01. The molecule has 0 aromatic heterocycles. The molecule has 0 aromatic rings. The highest BCUT2D eigenvalue weighted by Gasteiger charge is 2.29. The smallest absolute Gasteiger partial charge is 0.221 e. The van der Waals surface area contributed by atoms with Gasteiger partial charge in [-0.25, -0.2) is 0 Å². The van der Waals surface area contributed by atoms with Gasteiger partial charge in [0.05, 0.1) is 0 Å². The summed E-state index contributed by atoms with van der Waals surface area (Å²) < 4.78 is 0. The van der Waals surface area contributed by atoms with Gasteiger partial charge in [0.1, 0.15) is 0 Å². The lowest BCUT2D eigenvalue weighted by molar-refractivity contribution is -0.121. The number of nitrogens with one attached hydrogen (secondary N) is 2. The molecule has 3 nitrogen and oxygen atoms in total. The molecule has 1 unspecified atom stereocenters. The summed E-state index contributed by atoms with van der Waals surface area (Å²) in [6.45, 7) is 12.0. The molecule has 118 valence electrons. The number of rotatable bonds is 6. The third-order valence-electron chi connectivity index (χ3n) is 4.76. The topological polar surface area (TPSA) is 41.1 Å². The van der Waals surface area contributed by atoms with E-state index in [1.165, 1.54) is 25.7 Å². The van der Waals surface area contributed by atoms with Gasteiger partial charge in [0.15, 0.2) is 0 Å². The molecular formula is C17H34N2O. The fourth-order valence-corrected chi connectivity index (χ4v) is 3.00. The maximum absolute atomic E-state index is 11.7. The van der Waals surface area contributed by atoms with Crippen LogP contribution >= 0.6 is 0 Å². The van der Waals surface area contributed by atoms with E-state index in [-0.39, 0.29) is 5.91 Å². The molecule has 0 radical (unpaired) electrons. The first-order valence-corrected chi connectivity index (χ1v) is 8.35. The van der Waals surface area contributed by atoms with Crippen LogP contribution in [0.15, 0.2) is 0 Å². The molecule has 1 aliphatic carbocycles. The van der Waals surface area contributed by atoms with Crippen molar-refractivity contribution in [2.75, 3.05) is 6.54 Å². The highest BCUT2D eigenvalue weighted by atomic mass is 16.1. The third kappa shape index (κ3) is 6.25. The fourth-order valence-electron chi connectivity index (χ4n) is 3.00. The van der Waals surface area contributed by atoms with Crippen molar-refractivity contribution >= 4 is 5.91 Å². The van der Waals surface area contributed by atoms with Gasteiger partial charge in [-0.15, -0.1) is 0 Å². The van der Waals surface area contributed by atoms with E-state index in [4.69, 9.17) is 0 Å². The largest absolute Gasteiger partial charge is 0.354 e. The molecule has 2 N–H and O–H groups in total. The van der Waals surface area contributed by atoms with Gasteiger partial charge < -0.3 is 10.6 Å². The van der Waals surface area contributed by atoms with E-state index < -0.39 is 0 Å². The van der Waals surface area contributed by atoms with Crippen LogP contribution in [0.1, 0.15) is 73.1 Å². The summed E-state index contributed by atoms with van der Waals surface area (Å²) in [4.78, 5) is 11.7. The highest BCUT2D eigenvalue weighted by molar-refractivity contribution is 5.76. The lowest BCUT2D eigenvalue weighted by Gasteiger charge is -2.37. The number of hydrogen-bond donors (Lipinski definition) is 2. The monoisotopic (exact) mass is 282 g/mol. The maximum atomic E-state index is 11.7. The summed E-state index contributed by atoms with van der Waals surface area (Å²) in [6.07, 6.45) is 6.75. The highest BCUT2D eigenvalue weighted by Crippen LogP contribution is 2.37. The normalized spacial score (nSPS) is 25.2. The molecule has 1 atom stereocenters. The van der Waals surface area contributed by atoms with Gasteiger partial charge in [-0.2, -0.15) is 0 Å². The Morgan fingerprint density at radius 2 is 1.80 bits per heavy atom. The average Bonchev–Trinajstić information content (AvgIpc) is 2.38. The van der Waals surface area contributed by atoms with Gasteiger partial charge in [0, 0.05) is 25.0 Å². The molecule has 1 saturated carbocycles. The zero-order chi connectivity index (χ0) is 15.2. The van der Waals surface area contributed by atoms with Crippen LogP contribution in [-0.4, -0.2) is 24.5 Å². The van der Waals surface area contributed by atoms with Crippen molar-refractivity contribution in [2.45, 2.75) is 85.2 Å². The van der Waals surface area contributed by atoms with Crippen LogP contribution in [0.4, 0.5) is 0 Å². The second-order valence-electron chi connectivity index (χ2n) is 7.50. The SMILES string of the molecule is CCC(C)NC(=O)CCNC1CCC(C(C)(C)C)CC1. The number of carbonyl (C=O) groups excluding carboxylic acids is 1.